The van der Waals surface area contributed by atoms with Gasteiger partial charge in [0.15, 0.2) is 11.7 Å². The molecule has 2 aromatic carbocycles. The summed E-state index contributed by atoms with van der Waals surface area (Å²) < 4.78 is 28.6. The number of hydrogen-bond acceptors (Lipinski definition) is 8. The predicted molar refractivity (Wildman–Crippen MR) is 133 cm³/mol. The average molecular weight is 516 g/mol. The van der Waals surface area contributed by atoms with Crippen LogP contribution in [0.5, 0.6) is 11.5 Å². The van der Waals surface area contributed by atoms with Crippen LogP contribution in [-0.4, -0.2) is 49.6 Å². The highest BCUT2D eigenvalue weighted by atomic mass is 32.1. The molecule has 3 rings (SSSR count). The van der Waals surface area contributed by atoms with Crippen LogP contribution in [-0.2, 0) is 14.3 Å². The Hall–Kier alpha value is -3.99. The van der Waals surface area contributed by atoms with Gasteiger partial charge in [0, 0.05) is 22.6 Å². The number of nitrogens with zero attached hydrogens (tertiary/aromatic N) is 1. The molecule has 0 aliphatic rings. The Kier molecular flexibility index (Phi) is 8.96. The van der Waals surface area contributed by atoms with Gasteiger partial charge in [-0.1, -0.05) is 13.8 Å². The normalized spacial score (nSPS) is 11.5. The maximum absolute atomic E-state index is 13.1. The molecule has 0 saturated heterocycles. The molecule has 1 atom stereocenters. The van der Waals surface area contributed by atoms with Gasteiger partial charge in [0.05, 0.1) is 19.9 Å². The largest absolute Gasteiger partial charge is 0.497 e. The molecule has 0 fully saturated rings. The second kappa shape index (κ2) is 12.1. The molecule has 11 heteroatoms. The molecule has 0 radical (unpaired) electrons. The number of methoxy groups -OCH3 is 2. The van der Waals surface area contributed by atoms with Gasteiger partial charge in [-0.2, -0.15) is 0 Å². The van der Waals surface area contributed by atoms with Crippen LogP contribution >= 0.6 is 11.3 Å². The summed E-state index contributed by atoms with van der Waals surface area (Å²) in [5.41, 5.74) is 1.51. The van der Waals surface area contributed by atoms with Crippen LogP contribution < -0.4 is 20.1 Å². The first kappa shape index (κ1) is 26.6. The number of ether oxygens (including phenoxy) is 3. The first-order chi connectivity index (χ1) is 17.2. The zero-order valence-corrected chi connectivity index (χ0v) is 21.0. The van der Waals surface area contributed by atoms with Crippen LogP contribution in [0.4, 0.5) is 9.52 Å². The predicted octanol–water partition coefficient (Wildman–Crippen LogP) is 3.90. The van der Waals surface area contributed by atoms with Crippen molar-refractivity contribution in [1.82, 2.24) is 10.3 Å². The van der Waals surface area contributed by atoms with Crippen LogP contribution in [0.15, 0.2) is 47.8 Å². The van der Waals surface area contributed by atoms with E-state index in [1.54, 1.807) is 37.4 Å². The number of hydrogen-bond donors (Lipinski definition) is 2. The highest BCUT2D eigenvalue weighted by molar-refractivity contribution is 7.14. The highest BCUT2D eigenvalue weighted by Gasteiger charge is 2.27. The topological polar surface area (TPSA) is 116 Å². The van der Waals surface area contributed by atoms with E-state index in [9.17, 15) is 18.8 Å². The first-order valence-electron chi connectivity index (χ1n) is 10.9. The molecule has 0 aliphatic heterocycles. The van der Waals surface area contributed by atoms with Gasteiger partial charge in [-0.05, 0) is 42.3 Å². The molecule has 190 valence electrons. The van der Waals surface area contributed by atoms with Crippen molar-refractivity contribution in [3.05, 3.63) is 59.2 Å². The number of carbonyl (C=O) groups is 3. The monoisotopic (exact) mass is 515 g/mol. The number of nitrogens with one attached hydrogen (secondary N) is 2. The number of halogens is 1. The summed E-state index contributed by atoms with van der Waals surface area (Å²) in [4.78, 5) is 42.0. The second-order valence-electron chi connectivity index (χ2n) is 8.00. The fourth-order valence-corrected chi connectivity index (χ4v) is 3.86. The summed E-state index contributed by atoms with van der Waals surface area (Å²) in [5, 5.41) is 7.22. The molecule has 0 bridgehead atoms. The summed E-state index contributed by atoms with van der Waals surface area (Å²) in [6, 6.07) is 9.47. The maximum Gasteiger partial charge on any atom is 0.329 e. The first-order valence-corrected chi connectivity index (χ1v) is 11.8. The van der Waals surface area contributed by atoms with Crippen molar-refractivity contribution < 1.29 is 33.0 Å². The van der Waals surface area contributed by atoms with Gasteiger partial charge in [0.2, 0.25) is 0 Å². The highest BCUT2D eigenvalue weighted by Crippen LogP contribution is 2.25. The lowest BCUT2D eigenvalue weighted by Gasteiger charge is -2.21. The maximum atomic E-state index is 13.1. The van der Waals surface area contributed by atoms with Gasteiger partial charge in [0.1, 0.15) is 23.4 Å². The zero-order valence-electron chi connectivity index (χ0n) is 20.2. The van der Waals surface area contributed by atoms with Crippen LogP contribution in [0.2, 0.25) is 0 Å². The smallest absolute Gasteiger partial charge is 0.329 e. The number of aromatic nitrogens is 1. The van der Waals surface area contributed by atoms with Crippen molar-refractivity contribution in [2.45, 2.75) is 19.9 Å². The minimum atomic E-state index is -0.993. The second-order valence-corrected chi connectivity index (χ2v) is 8.86. The Morgan fingerprint density at radius 3 is 2.25 bits per heavy atom. The van der Waals surface area contributed by atoms with Gasteiger partial charge in [0.25, 0.3) is 11.8 Å². The van der Waals surface area contributed by atoms with E-state index >= 15 is 0 Å². The van der Waals surface area contributed by atoms with Crippen molar-refractivity contribution in [3.8, 4) is 22.8 Å². The summed E-state index contributed by atoms with van der Waals surface area (Å²) in [5.74, 6) is -1.69. The molecule has 3 aromatic rings. The summed E-state index contributed by atoms with van der Waals surface area (Å²) in [7, 11) is 2.93. The van der Waals surface area contributed by atoms with E-state index in [1.165, 1.54) is 49.8 Å². The van der Waals surface area contributed by atoms with Crippen molar-refractivity contribution in [2.75, 3.05) is 26.1 Å². The lowest BCUT2D eigenvalue weighted by molar-refractivity contribution is -0.150. The Balaban J connectivity index is 1.57. The molecule has 2 amide bonds. The van der Waals surface area contributed by atoms with E-state index in [0.29, 0.717) is 27.9 Å². The molecule has 0 saturated carbocycles. The van der Waals surface area contributed by atoms with Crippen LogP contribution in [0.3, 0.4) is 0 Å². The van der Waals surface area contributed by atoms with E-state index in [2.05, 4.69) is 15.6 Å². The van der Waals surface area contributed by atoms with Gasteiger partial charge in [-0.15, -0.1) is 11.3 Å². The number of carbonyl (C=O) groups excluding carboxylic acids is 3. The number of anilines is 1. The molecule has 1 aromatic heterocycles. The number of benzene rings is 2. The van der Waals surface area contributed by atoms with Gasteiger partial charge in [-0.3, -0.25) is 14.9 Å². The standard InChI is InChI=1S/C25H26FN3O6S/c1-14(2)22(29-23(31)16-9-18(33-3)11-19(10-16)34-4)24(32)35-12-21(30)28-25-27-20(13-36-25)15-5-7-17(26)8-6-15/h5-11,13-14,22H,12H2,1-4H3,(H,29,31)(H,27,28,30). The molecular weight excluding hydrogens is 489 g/mol. The molecule has 9 nitrogen and oxygen atoms in total. The Bertz CT molecular complexity index is 1210. The summed E-state index contributed by atoms with van der Waals surface area (Å²) >= 11 is 1.18. The quantitative estimate of drug-likeness (QED) is 0.394. The Labute approximate surface area is 211 Å². The van der Waals surface area contributed by atoms with E-state index < -0.39 is 30.4 Å². The number of amides is 2. The third-order valence-electron chi connectivity index (χ3n) is 5.06. The molecule has 36 heavy (non-hydrogen) atoms. The molecule has 0 spiro atoms. The van der Waals surface area contributed by atoms with E-state index in [1.807, 2.05) is 0 Å². The summed E-state index contributed by atoms with van der Waals surface area (Å²) in [6.07, 6.45) is 0. The fourth-order valence-electron chi connectivity index (χ4n) is 3.13. The molecule has 0 aliphatic carbocycles. The number of thiazole rings is 1. The van der Waals surface area contributed by atoms with Crippen molar-refractivity contribution in [2.24, 2.45) is 5.92 Å². The van der Waals surface area contributed by atoms with Crippen LogP contribution in [0, 0.1) is 11.7 Å². The van der Waals surface area contributed by atoms with Crippen molar-refractivity contribution in [1.29, 1.82) is 0 Å². The fraction of sp³-hybridized carbons (Fsp3) is 0.280. The zero-order chi connectivity index (χ0) is 26.2. The third kappa shape index (κ3) is 7.01. The van der Waals surface area contributed by atoms with Gasteiger partial charge in [-0.25, -0.2) is 14.2 Å². The van der Waals surface area contributed by atoms with E-state index in [4.69, 9.17) is 14.2 Å². The molecule has 1 unspecified atom stereocenters. The minimum Gasteiger partial charge on any atom is -0.497 e. The van der Waals surface area contributed by atoms with Crippen molar-refractivity contribution in [3.63, 3.8) is 0 Å². The third-order valence-corrected chi connectivity index (χ3v) is 5.81. The minimum absolute atomic E-state index is 0.239. The lowest BCUT2D eigenvalue weighted by Crippen LogP contribution is -2.46. The lowest BCUT2D eigenvalue weighted by atomic mass is 10.0. The van der Waals surface area contributed by atoms with Crippen LogP contribution in [0.1, 0.15) is 24.2 Å². The number of rotatable bonds is 10. The molecular formula is C25H26FN3O6S. The van der Waals surface area contributed by atoms with Gasteiger partial charge < -0.3 is 19.5 Å². The Morgan fingerprint density at radius 1 is 1.03 bits per heavy atom. The van der Waals surface area contributed by atoms with Gasteiger partial charge >= 0.3 is 5.97 Å². The Morgan fingerprint density at radius 2 is 1.67 bits per heavy atom. The van der Waals surface area contributed by atoms with E-state index in [-0.39, 0.29) is 17.3 Å². The van der Waals surface area contributed by atoms with E-state index in [0.717, 1.165) is 0 Å². The molecule has 1 heterocycles. The average Bonchev–Trinajstić information content (AvgIpc) is 3.33. The van der Waals surface area contributed by atoms with Crippen LogP contribution in [0.25, 0.3) is 11.3 Å². The molecule has 2 N–H and O–H groups in total. The number of esters is 1. The SMILES string of the molecule is COc1cc(OC)cc(C(=O)NC(C(=O)OCC(=O)Nc2nc(-c3ccc(F)cc3)cs2)C(C)C)c1. The summed E-state index contributed by atoms with van der Waals surface area (Å²) in [6.45, 7) is 2.92. The van der Waals surface area contributed by atoms with Crippen molar-refractivity contribution >= 4 is 34.3 Å².